The molecule has 1 unspecified atom stereocenters. The predicted molar refractivity (Wildman–Crippen MR) is 60.2 cm³/mol. The van der Waals surface area contributed by atoms with E-state index in [2.05, 4.69) is 5.10 Å². The fourth-order valence-corrected chi connectivity index (χ4v) is 1.51. The van der Waals surface area contributed by atoms with Crippen molar-refractivity contribution < 1.29 is 19.1 Å². The van der Waals surface area contributed by atoms with Crippen LogP contribution in [0.15, 0.2) is 28.8 Å². The highest BCUT2D eigenvalue weighted by atomic mass is 16.4. The molecule has 7 nitrogen and oxygen atoms in total. The van der Waals surface area contributed by atoms with Crippen molar-refractivity contribution in [1.29, 1.82) is 0 Å². The number of carboxylic acids is 1. The SMILES string of the molecule is CC(c1ccc(C(=O)O)o1)n1ccc(C(N)=O)n1. The molecule has 18 heavy (non-hydrogen) atoms. The van der Waals surface area contributed by atoms with E-state index in [1.54, 1.807) is 19.2 Å². The summed E-state index contributed by atoms with van der Waals surface area (Å²) in [7, 11) is 0. The summed E-state index contributed by atoms with van der Waals surface area (Å²) in [6.07, 6.45) is 1.58. The first-order valence-electron chi connectivity index (χ1n) is 5.17. The summed E-state index contributed by atoms with van der Waals surface area (Å²) in [6, 6.07) is 4.08. The normalized spacial score (nSPS) is 12.3. The zero-order valence-corrected chi connectivity index (χ0v) is 9.53. The maximum atomic E-state index is 10.9. The fraction of sp³-hybridized carbons (Fsp3) is 0.182. The Morgan fingerprint density at radius 1 is 1.44 bits per heavy atom. The number of hydrogen-bond donors (Lipinski definition) is 2. The van der Waals surface area contributed by atoms with Crippen molar-refractivity contribution in [2.24, 2.45) is 5.73 Å². The lowest BCUT2D eigenvalue weighted by Crippen LogP contribution is -2.14. The molecule has 2 heterocycles. The standard InChI is InChI=1S/C11H11N3O4/c1-6(8-2-3-9(18-8)11(16)17)14-5-4-7(13-14)10(12)15/h2-6H,1H3,(H2,12,15)(H,16,17). The van der Waals surface area contributed by atoms with E-state index >= 15 is 0 Å². The lowest BCUT2D eigenvalue weighted by Gasteiger charge is -2.08. The zero-order valence-electron chi connectivity index (χ0n) is 9.53. The number of aromatic nitrogens is 2. The summed E-state index contributed by atoms with van der Waals surface area (Å²) in [4.78, 5) is 21.6. The molecule has 94 valence electrons. The van der Waals surface area contributed by atoms with Crippen LogP contribution in [-0.4, -0.2) is 26.8 Å². The van der Waals surface area contributed by atoms with Gasteiger partial charge in [-0.3, -0.25) is 9.48 Å². The van der Waals surface area contributed by atoms with Crippen molar-refractivity contribution in [3.8, 4) is 0 Å². The number of hydrogen-bond acceptors (Lipinski definition) is 4. The number of amides is 1. The third kappa shape index (κ3) is 2.10. The fourth-order valence-electron chi connectivity index (χ4n) is 1.51. The third-order valence-corrected chi connectivity index (χ3v) is 2.51. The Balaban J connectivity index is 2.26. The molecular weight excluding hydrogens is 238 g/mol. The van der Waals surface area contributed by atoms with Crippen LogP contribution in [0.4, 0.5) is 0 Å². The smallest absolute Gasteiger partial charge is 0.371 e. The van der Waals surface area contributed by atoms with Crippen LogP contribution in [0, 0.1) is 0 Å². The van der Waals surface area contributed by atoms with Crippen LogP contribution >= 0.6 is 0 Å². The van der Waals surface area contributed by atoms with Crippen LogP contribution in [0.25, 0.3) is 0 Å². The Kier molecular flexibility index (Phi) is 2.88. The Labute approximate surface area is 102 Å². The first kappa shape index (κ1) is 11.9. The van der Waals surface area contributed by atoms with Gasteiger partial charge in [-0.25, -0.2) is 4.79 Å². The van der Waals surface area contributed by atoms with Crippen molar-refractivity contribution in [2.75, 3.05) is 0 Å². The number of rotatable bonds is 4. The number of nitrogens with zero attached hydrogens (tertiary/aromatic N) is 2. The number of carboxylic acid groups (broad SMARTS) is 1. The van der Waals surface area contributed by atoms with Crippen LogP contribution in [0.1, 0.15) is 39.8 Å². The second kappa shape index (κ2) is 4.36. The van der Waals surface area contributed by atoms with Gasteiger partial charge < -0.3 is 15.3 Å². The topological polar surface area (TPSA) is 111 Å². The van der Waals surface area contributed by atoms with Crippen molar-refractivity contribution >= 4 is 11.9 Å². The zero-order chi connectivity index (χ0) is 13.3. The van der Waals surface area contributed by atoms with E-state index in [-0.39, 0.29) is 17.5 Å². The molecule has 0 aromatic carbocycles. The molecular formula is C11H11N3O4. The summed E-state index contributed by atoms with van der Waals surface area (Å²) in [5.74, 6) is -1.45. The second-order valence-corrected chi connectivity index (χ2v) is 3.73. The average molecular weight is 249 g/mol. The van der Waals surface area contributed by atoms with Crippen molar-refractivity contribution in [3.05, 3.63) is 41.6 Å². The van der Waals surface area contributed by atoms with E-state index in [9.17, 15) is 9.59 Å². The van der Waals surface area contributed by atoms with Crippen LogP contribution in [0.3, 0.4) is 0 Å². The molecule has 0 radical (unpaired) electrons. The average Bonchev–Trinajstić information content (AvgIpc) is 2.97. The quantitative estimate of drug-likeness (QED) is 0.835. The van der Waals surface area contributed by atoms with Gasteiger partial charge in [0.05, 0.1) is 0 Å². The molecule has 0 bridgehead atoms. The van der Waals surface area contributed by atoms with E-state index in [1.807, 2.05) is 0 Å². The number of carbonyl (C=O) groups excluding carboxylic acids is 1. The predicted octanol–water partition coefficient (Wildman–Crippen LogP) is 0.883. The summed E-state index contributed by atoms with van der Waals surface area (Å²) >= 11 is 0. The highest BCUT2D eigenvalue weighted by molar-refractivity contribution is 5.90. The summed E-state index contributed by atoms with van der Waals surface area (Å²) in [6.45, 7) is 1.77. The van der Waals surface area contributed by atoms with Crippen molar-refractivity contribution in [1.82, 2.24) is 9.78 Å². The molecule has 0 spiro atoms. The number of carbonyl (C=O) groups is 2. The molecule has 3 N–H and O–H groups in total. The monoisotopic (exact) mass is 249 g/mol. The van der Waals surface area contributed by atoms with Gasteiger partial charge in [-0.15, -0.1) is 0 Å². The maximum absolute atomic E-state index is 10.9. The van der Waals surface area contributed by atoms with E-state index in [0.29, 0.717) is 5.76 Å². The summed E-state index contributed by atoms with van der Waals surface area (Å²) < 4.78 is 6.63. The van der Waals surface area contributed by atoms with Gasteiger partial charge in [0.15, 0.2) is 0 Å². The number of primary amides is 1. The van der Waals surface area contributed by atoms with E-state index in [4.69, 9.17) is 15.3 Å². The van der Waals surface area contributed by atoms with Gasteiger partial charge >= 0.3 is 5.97 Å². The molecule has 0 aliphatic heterocycles. The Morgan fingerprint density at radius 3 is 2.67 bits per heavy atom. The lowest BCUT2D eigenvalue weighted by atomic mass is 10.2. The second-order valence-electron chi connectivity index (χ2n) is 3.73. The molecule has 1 amide bonds. The van der Waals surface area contributed by atoms with E-state index < -0.39 is 11.9 Å². The Morgan fingerprint density at radius 2 is 2.17 bits per heavy atom. The largest absolute Gasteiger partial charge is 0.475 e. The minimum absolute atomic E-state index is 0.140. The van der Waals surface area contributed by atoms with Crippen molar-refractivity contribution in [3.63, 3.8) is 0 Å². The third-order valence-electron chi connectivity index (χ3n) is 2.51. The minimum atomic E-state index is -1.13. The molecule has 0 saturated heterocycles. The minimum Gasteiger partial charge on any atom is -0.475 e. The number of furan rings is 1. The molecule has 0 aliphatic carbocycles. The van der Waals surface area contributed by atoms with Crippen molar-refractivity contribution in [2.45, 2.75) is 13.0 Å². The van der Waals surface area contributed by atoms with Gasteiger partial charge in [-0.2, -0.15) is 5.10 Å². The summed E-state index contributed by atoms with van der Waals surface area (Å²) in [5, 5.41) is 12.7. The number of aromatic carboxylic acids is 1. The molecule has 2 aromatic rings. The maximum Gasteiger partial charge on any atom is 0.371 e. The molecule has 0 saturated carbocycles. The molecule has 2 aromatic heterocycles. The lowest BCUT2D eigenvalue weighted by molar-refractivity contribution is 0.0659. The molecule has 1 atom stereocenters. The Hall–Kier alpha value is -2.57. The van der Waals surface area contributed by atoms with Gasteiger partial charge in [0.25, 0.3) is 5.91 Å². The highest BCUT2D eigenvalue weighted by Crippen LogP contribution is 2.20. The first-order chi connectivity index (χ1) is 8.49. The molecule has 2 rings (SSSR count). The molecule has 0 fully saturated rings. The van der Waals surface area contributed by atoms with Gasteiger partial charge in [-0.05, 0) is 25.1 Å². The van der Waals surface area contributed by atoms with E-state index in [1.165, 1.54) is 16.8 Å². The molecule has 7 heteroatoms. The van der Waals surface area contributed by atoms with Crippen LogP contribution in [-0.2, 0) is 0 Å². The van der Waals surface area contributed by atoms with Gasteiger partial charge in [-0.1, -0.05) is 0 Å². The first-order valence-corrected chi connectivity index (χ1v) is 5.17. The van der Waals surface area contributed by atoms with Crippen LogP contribution in [0.2, 0.25) is 0 Å². The van der Waals surface area contributed by atoms with Gasteiger partial charge in [0.1, 0.15) is 17.5 Å². The van der Waals surface area contributed by atoms with Gasteiger partial charge in [0, 0.05) is 6.20 Å². The van der Waals surface area contributed by atoms with Gasteiger partial charge in [0.2, 0.25) is 5.76 Å². The summed E-state index contributed by atoms with van der Waals surface area (Å²) in [5.41, 5.74) is 5.24. The van der Waals surface area contributed by atoms with Crippen LogP contribution < -0.4 is 5.73 Å². The van der Waals surface area contributed by atoms with E-state index in [0.717, 1.165) is 0 Å². The Bertz CT molecular complexity index is 547. The number of nitrogens with two attached hydrogens (primary N) is 1. The highest BCUT2D eigenvalue weighted by Gasteiger charge is 2.17. The van der Waals surface area contributed by atoms with Crippen LogP contribution in [0.5, 0.6) is 0 Å². The molecule has 0 aliphatic rings.